The first-order valence-electron chi connectivity index (χ1n) is 10.2. The Labute approximate surface area is 184 Å². The van der Waals surface area contributed by atoms with Crippen molar-refractivity contribution >= 4 is 29.3 Å². The second kappa shape index (κ2) is 9.78. The Bertz CT molecular complexity index is 1050. The number of hydrogen-bond donors (Lipinski definition) is 1. The molecular weight excluding hydrogens is 415 g/mol. The summed E-state index contributed by atoms with van der Waals surface area (Å²) in [6.07, 6.45) is 4.67. The van der Waals surface area contributed by atoms with Crippen LogP contribution in [0, 0.1) is 11.7 Å². The molecule has 1 saturated heterocycles. The molecule has 160 valence electrons. The number of anilines is 1. The molecule has 1 fully saturated rings. The SMILES string of the molecule is O=C(Nc1ccccc1)C1CCN(C(=O)CSc2nccn2-c2cccc(F)c2)CC1. The third-order valence-electron chi connectivity index (χ3n) is 5.28. The highest BCUT2D eigenvalue weighted by Crippen LogP contribution is 2.24. The van der Waals surface area contributed by atoms with E-state index in [1.165, 1.54) is 23.9 Å². The number of aromatic nitrogens is 2. The fourth-order valence-electron chi connectivity index (χ4n) is 3.59. The molecule has 0 unspecified atom stereocenters. The van der Waals surface area contributed by atoms with Crippen LogP contribution in [0.3, 0.4) is 0 Å². The van der Waals surface area contributed by atoms with Crippen LogP contribution in [-0.2, 0) is 9.59 Å². The molecule has 3 aromatic rings. The van der Waals surface area contributed by atoms with E-state index in [4.69, 9.17) is 0 Å². The van der Waals surface area contributed by atoms with Crippen LogP contribution in [0.4, 0.5) is 10.1 Å². The van der Waals surface area contributed by atoms with Gasteiger partial charge in [0.05, 0.1) is 11.4 Å². The number of imidazole rings is 1. The van der Waals surface area contributed by atoms with Crippen molar-refractivity contribution in [3.05, 3.63) is 72.8 Å². The average molecular weight is 439 g/mol. The number of carbonyl (C=O) groups excluding carboxylic acids is 2. The van der Waals surface area contributed by atoms with Gasteiger partial charge in [-0.1, -0.05) is 36.0 Å². The molecule has 2 aromatic carbocycles. The van der Waals surface area contributed by atoms with E-state index in [2.05, 4.69) is 10.3 Å². The first-order valence-corrected chi connectivity index (χ1v) is 11.1. The van der Waals surface area contributed by atoms with E-state index in [0.29, 0.717) is 36.8 Å². The lowest BCUT2D eigenvalue weighted by Crippen LogP contribution is -2.42. The number of thioether (sulfide) groups is 1. The lowest BCUT2D eigenvalue weighted by molar-refractivity contribution is -0.132. The Morgan fingerprint density at radius 1 is 1.10 bits per heavy atom. The first-order chi connectivity index (χ1) is 15.1. The molecule has 31 heavy (non-hydrogen) atoms. The minimum Gasteiger partial charge on any atom is -0.342 e. The normalized spacial score (nSPS) is 14.4. The summed E-state index contributed by atoms with van der Waals surface area (Å²) in [5, 5.41) is 3.58. The molecule has 0 atom stereocenters. The lowest BCUT2D eigenvalue weighted by atomic mass is 9.96. The van der Waals surface area contributed by atoms with Crippen molar-refractivity contribution in [2.75, 3.05) is 24.2 Å². The Morgan fingerprint density at radius 3 is 2.61 bits per heavy atom. The van der Waals surface area contributed by atoms with Crippen LogP contribution < -0.4 is 5.32 Å². The van der Waals surface area contributed by atoms with Crippen LogP contribution in [0.5, 0.6) is 0 Å². The standard InChI is InChI=1S/C23H23FN4O2S/c24-18-5-4-8-20(15-18)28-14-11-25-23(28)31-16-21(29)27-12-9-17(10-13-27)22(30)26-19-6-2-1-3-7-19/h1-8,11,14-15,17H,9-10,12-13,16H2,(H,26,30). The highest BCUT2D eigenvalue weighted by Gasteiger charge is 2.27. The van der Waals surface area contributed by atoms with Crippen molar-refractivity contribution in [2.45, 2.75) is 18.0 Å². The molecule has 0 spiro atoms. The maximum absolute atomic E-state index is 13.5. The number of nitrogens with one attached hydrogen (secondary N) is 1. The third-order valence-corrected chi connectivity index (χ3v) is 6.23. The van der Waals surface area contributed by atoms with Gasteiger partial charge < -0.3 is 10.2 Å². The number of hydrogen-bond acceptors (Lipinski definition) is 4. The van der Waals surface area contributed by atoms with Gasteiger partial charge in [-0.3, -0.25) is 14.2 Å². The van der Waals surface area contributed by atoms with Crippen molar-refractivity contribution in [3.8, 4) is 5.69 Å². The topological polar surface area (TPSA) is 67.2 Å². The summed E-state index contributed by atoms with van der Waals surface area (Å²) in [6.45, 7) is 1.12. The minimum absolute atomic E-state index is 0.00444. The van der Waals surface area contributed by atoms with E-state index < -0.39 is 0 Å². The number of rotatable bonds is 6. The van der Waals surface area contributed by atoms with Crippen molar-refractivity contribution in [2.24, 2.45) is 5.92 Å². The Balaban J connectivity index is 1.27. The molecule has 8 heteroatoms. The van der Waals surface area contributed by atoms with Crippen LogP contribution in [0.25, 0.3) is 5.69 Å². The van der Waals surface area contributed by atoms with Gasteiger partial charge in [0.15, 0.2) is 5.16 Å². The van der Waals surface area contributed by atoms with Gasteiger partial charge in [-0.15, -0.1) is 0 Å². The third kappa shape index (κ3) is 5.32. The zero-order valence-electron chi connectivity index (χ0n) is 16.9. The van der Waals surface area contributed by atoms with Crippen LogP contribution >= 0.6 is 11.8 Å². The number of likely N-dealkylation sites (tertiary alicyclic amines) is 1. The number of nitrogens with zero attached hydrogens (tertiary/aromatic N) is 3. The monoisotopic (exact) mass is 438 g/mol. The summed E-state index contributed by atoms with van der Waals surface area (Å²) in [6, 6.07) is 15.6. The van der Waals surface area contributed by atoms with E-state index >= 15 is 0 Å². The van der Waals surface area contributed by atoms with Gasteiger partial charge in [-0.2, -0.15) is 0 Å². The van der Waals surface area contributed by atoms with Gasteiger partial charge in [0.2, 0.25) is 11.8 Å². The number of benzene rings is 2. The summed E-state index contributed by atoms with van der Waals surface area (Å²) >= 11 is 1.32. The first kappa shape index (κ1) is 21.1. The molecule has 6 nitrogen and oxygen atoms in total. The Kier molecular flexibility index (Phi) is 6.66. The second-order valence-electron chi connectivity index (χ2n) is 7.36. The fraction of sp³-hybridized carbons (Fsp3) is 0.261. The molecule has 1 N–H and O–H groups in total. The van der Waals surface area contributed by atoms with Gasteiger partial charge >= 0.3 is 0 Å². The zero-order chi connectivity index (χ0) is 21.6. The largest absolute Gasteiger partial charge is 0.342 e. The van der Waals surface area contributed by atoms with Crippen molar-refractivity contribution in [1.29, 1.82) is 0 Å². The molecule has 2 heterocycles. The van der Waals surface area contributed by atoms with Crippen molar-refractivity contribution in [1.82, 2.24) is 14.5 Å². The van der Waals surface area contributed by atoms with Gasteiger partial charge in [-0.05, 0) is 43.2 Å². The number of para-hydroxylation sites is 1. The van der Waals surface area contributed by atoms with Crippen LogP contribution in [-0.4, -0.2) is 45.1 Å². The second-order valence-corrected chi connectivity index (χ2v) is 8.30. The number of carbonyl (C=O) groups is 2. The molecule has 0 bridgehead atoms. The van der Waals surface area contributed by atoms with Crippen molar-refractivity contribution in [3.63, 3.8) is 0 Å². The van der Waals surface area contributed by atoms with E-state index in [9.17, 15) is 14.0 Å². The maximum atomic E-state index is 13.5. The highest BCUT2D eigenvalue weighted by molar-refractivity contribution is 7.99. The summed E-state index contributed by atoms with van der Waals surface area (Å²) in [5.41, 5.74) is 1.45. The van der Waals surface area contributed by atoms with E-state index in [1.807, 2.05) is 30.3 Å². The Morgan fingerprint density at radius 2 is 1.87 bits per heavy atom. The number of piperidine rings is 1. The maximum Gasteiger partial charge on any atom is 0.233 e. The quantitative estimate of drug-likeness (QED) is 0.591. The predicted octanol–water partition coefficient (Wildman–Crippen LogP) is 3.98. The highest BCUT2D eigenvalue weighted by atomic mass is 32.2. The van der Waals surface area contributed by atoms with Crippen molar-refractivity contribution < 1.29 is 14.0 Å². The van der Waals surface area contributed by atoms with Crippen LogP contribution in [0.15, 0.2) is 72.1 Å². The molecule has 0 aliphatic carbocycles. The summed E-state index contributed by atoms with van der Waals surface area (Å²) in [4.78, 5) is 31.2. The Hall–Kier alpha value is -3.13. The molecule has 4 rings (SSSR count). The van der Waals surface area contributed by atoms with E-state index in [-0.39, 0.29) is 29.3 Å². The van der Waals surface area contributed by atoms with Gasteiger partial charge in [0, 0.05) is 37.1 Å². The van der Waals surface area contributed by atoms with E-state index in [1.54, 1.807) is 34.0 Å². The lowest BCUT2D eigenvalue weighted by Gasteiger charge is -2.31. The van der Waals surface area contributed by atoms with Crippen LogP contribution in [0.2, 0.25) is 0 Å². The molecular formula is C23H23FN4O2S. The van der Waals surface area contributed by atoms with Crippen LogP contribution in [0.1, 0.15) is 12.8 Å². The summed E-state index contributed by atoms with van der Waals surface area (Å²) in [5.74, 6) is -0.153. The molecule has 1 aromatic heterocycles. The minimum atomic E-state index is -0.322. The number of amides is 2. The molecule has 1 aliphatic rings. The van der Waals surface area contributed by atoms with Gasteiger partial charge in [0.25, 0.3) is 0 Å². The van der Waals surface area contributed by atoms with Gasteiger partial charge in [0.1, 0.15) is 5.82 Å². The average Bonchev–Trinajstić information content (AvgIpc) is 3.27. The summed E-state index contributed by atoms with van der Waals surface area (Å²) in [7, 11) is 0. The molecule has 2 amide bonds. The zero-order valence-corrected chi connectivity index (χ0v) is 17.7. The summed E-state index contributed by atoms with van der Waals surface area (Å²) < 4.78 is 15.3. The molecule has 1 aliphatic heterocycles. The molecule has 0 radical (unpaired) electrons. The number of halogens is 1. The predicted molar refractivity (Wildman–Crippen MR) is 119 cm³/mol. The molecule has 0 saturated carbocycles. The van der Waals surface area contributed by atoms with E-state index in [0.717, 1.165) is 5.69 Å². The van der Waals surface area contributed by atoms with Gasteiger partial charge in [-0.25, -0.2) is 9.37 Å². The fourth-order valence-corrected chi connectivity index (χ4v) is 4.47. The smallest absolute Gasteiger partial charge is 0.233 e.